The first kappa shape index (κ1) is 11.3. The van der Waals surface area contributed by atoms with Crippen molar-refractivity contribution >= 4 is 22.7 Å². The van der Waals surface area contributed by atoms with Gasteiger partial charge in [0.05, 0.1) is 0 Å². The molecule has 0 bridgehead atoms. The maximum Gasteiger partial charge on any atom is 0.0404 e. The highest BCUT2D eigenvalue weighted by Crippen LogP contribution is 2.21. The highest BCUT2D eigenvalue weighted by molar-refractivity contribution is 5.67. The van der Waals surface area contributed by atoms with Crippen molar-refractivity contribution < 1.29 is 0 Å². The van der Waals surface area contributed by atoms with Crippen LogP contribution in [0.2, 0.25) is 0 Å². The summed E-state index contributed by atoms with van der Waals surface area (Å²) in [6.07, 6.45) is 0. The van der Waals surface area contributed by atoms with Gasteiger partial charge in [-0.1, -0.05) is 12.1 Å². The molecule has 88 valence electrons. The van der Waals surface area contributed by atoms with Crippen molar-refractivity contribution in [3.05, 3.63) is 48.5 Å². The number of rotatable bonds is 4. The van der Waals surface area contributed by atoms with Gasteiger partial charge in [-0.05, 0) is 36.4 Å². The minimum Gasteiger partial charge on any atom is -0.388 e. The summed E-state index contributed by atoms with van der Waals surface area (Å²) >= 11 is 0. The Labute approximate surface area is 102 Å². The van der Waals surface area contributed by atoms with E-state index >= 15 is 0 Å². The summed E-state index contributed by atoms with van der Waals surface area (Å²) in [6.45, 7) is 0. The second-order valence-corrected chi connectivity index (χ2v) is 3.79. The van der Waals surface area contributed by atoms with Gasteiger partial charge in [-0.2, -0.15) is 0 Å². The fourth-order valence-corrected chi connectivity index (χ4v) is 1.67. The zero-order valence-corrected chi connectivity index (χ0v) is 10.1. The van der Waals surface area contributed by atoms with Gasteiger partial charge >= 0.3 is 0 Å². The van der Waals surface area contributed by atoms with Crippen molar-refractivity contribution in [2.24, 2.45) is 0 Å². The van der Waals surface area contributed by atoms with E-state index in [9.17, 15) is 0 Å². The first-order chi connectivity index (χ1) is 8.31. The lowest BCUT2D eigenvalue weighted by atomic mass is 10.2. The summed E-state index contributed by atoms with van der Waals surface area (Å²) in [7, 11) is 3.83. The molecule has 0 heterocycles. The third-order valence-electron chi connectivity index (χ3n) is 2.59. The number of hydrogen-bond donors (Lipinski definition) is 3. The summed E-state index contributed by atoms with van der Waals surface area (Å²) in [4.78, 5) is 0. The quantitative estimate of drug-likeness (QED) is 0.748. The number of nitrogens with one attached hydrogen (secondary N) is 3. The zero-order chi connectivity index (χ0) is 12.1. The third-order valence-corrected chi connectivity index (χ3v) is 2.59. The largest absolute Gasteiger partial charge is 0.388 e. The summed E-state index contributed by atoms with van der Waals surface area (Å²) in [5, 5.41) is 9.62. The van der Waals surface area contributed by atoms with Crippen LogP contribution in [0.5, 0.6) is 0 Å². The predicted molar refractivity (Wildman–Crippen MR) is 75.3 cm³/mol. The molecule has 0 saturated carbocycles. The Morgan fingerprint density at radius 1 is 0.647 bits per heavy atom. The molecule has 3 heteroatoms. The normalized spacial score (nSPS) is 9.76. The lowest BCUT2D eigenvalue weighted by molar-refractivity contribution is 1.47. The molecular formula is C14H17N3. The molecule has 0 radical (unpaired) electrons. The van der Waals surface area contributed by atoms with Gasteiger partial charge in [-0.25, -0.2) is 0 Å². The molecule has 0 aliphatic carbocycles. The van der Waals surface area contributed by atoms with Gasteiger partial charge in [0.15, 0.2) is 0 Å². The van der Waals surface area contributed by atoms with Gasteiger partial charge < -0.3 is 16.0 Å². The average Bonchev–Trinajstić information content (AvgIpc) is 2.39. The van der Waals surface area contributed by atoms with Crippen LogP contribution in [-0.4, -0.2) is 14.1 Å². The molecule has 3 N–H and O–H groups in total. The Bertz CT molecular complexity index is 449. The minimum absolute atomic E-state index is 1.07. The fourth-order valence-electron chi connectivity index (χ4n) is 1.67. The molecule has 0 aliphatic heterocycles. The second-order valence-electron chi connectivity index (χ2n) is 3.79. The molecule has 17 heavy (non-hydrogen) atoms. The number of benzene rings is 2. The molecule has 0 saturated heterocycles. The lowest BCUT2D eigenvalue weighted by Crippen LogP contribution is -1.94. The van der Waals surface area contributed by atoms with E-state index in [1.54, 1.807) is 0 Å². The Morgan fingerprint density at radius 3 is 1.47 bits per heavy atom. The summed E-state index contributed by atoms with van der Waals surface area (Å²) < 4.78 is 0. The van der Waals surface area contributed by atoms with Crippen molar-refractivity contribution in [2.45, 2.75) is 0 Å². The van der Waals surface area contributed by atoms with E-state index in [-0.39, 0.29) is 0 Å². The smallest absolute Gasteiger partial charge is 0.0404 e. The van der Waals surface area contributed by atoms with Crippen LogP contribution in [0.15, 0.2) is 48.5 Å². The van der Waals surface area contributed by atoms with Crippen molar-refractivity contribution in [2.75, 3.05) is 30.0 Å². The highest BCUT2D eigenvalue weighted by atomic mass is 14.9. The highest BCUT2D eigenvalue weighted by Gasteiger charge is 1.96. The van der Waals surface area contributed by atoms with E-state index in [2.05, 4.69) is 28.1 Å². The maximum absolute atomic E-state index is 3.37. The molecule has 3 nitrogen and oxygen atoms in total. The van der Waals surface area contributed by atoms with E-state index in [1.807, 2.05) is 50.5 Å². The van der Waals surface area contributed by atoms with Crippen LogP contribution in [0, 0.1) is 0 Å². The molecule has 0 aliphatic rings. The summed E-state index contributed by atoms with van der Waals surface area (Å²) in [5.41, 5.74) is 4.34. The van der Waals surface area contributed by atoms with Gasteiger partial charge in [0.25, 0.3) is 0 Å². The van der Waals surface area contributed by atoms with Crippen LogP contribution < -0.4 is 16.0 Å². The molecular weight excluding hydrogens is 210 g/mol. The van der Waals surface area contributed by atoms with Crippen LogP contribution in [0.25, 0.3) is 0 Å². The van der Waals surface area contributed by atoms with Crippen LogP contribution in [-0.2, 0) is 0 Å². The van der Waals surface area contributed by atoms with E-state index in [0.29, 0.717) is 0 Å². The summed E-state index contributed by atoms with van der Waals surface area (Å²) in [5.74, 6) is 0. The first-order valence-electron chi connectivity index (χ1n) is 5.64. The molecule has 0 amide bonds. The Kier molecular flexibility index (Phi) is 3.50. The Balaban J connectivity index is 2.18. The maximum atomic E-state index is 3.37. The predicted octanol–water partition coefficient (Wildman–Crippen LogP) is 3.51. The minimum atomic E-state index is 1.07. The molecule has 2 aromatic rings. The van der Waals surface area contributed by atoms with E-state index in [0.717, 1.165) is 22.7 Å². The Hall–Kier alpha value is -2.16. The van der Waals surface area contributed by atoms with E-state index in [4.69, 9.17) is 0 Å². The lowest BCUT2D eigenvalue weighted by Gasteiger charge is -2.09. The molecule has 0 unspecified atom stereocenters. The van der Waals surface area contributed by atoms with Gasteiger partial charge in [0.1, 0.15) is 0 Å². The monoisotopic (exact) mass is 227 g/mol. The molecule has 2 aromatic carbocycles. The third kappa shape index (κ3) is 2.91. The van der Waals surface area contributed by atoms with Gasteiger partial charge in [-0.3, -0.25) is 0 Å². The van der Waals surface area contributed by atoms with Crippen LogP contribution in [0.1, 0.15) is 0 Å². The molecule has 0 atom stereocenters. The standard InChI is InChI=1S/C14H17N3/c1-15-11-5-3-7-13(9-11)17-14-8-4-6-12(10-14)16-2/h3-10,15-17H,1-2H3. The fraction of sp³-hybridized carbons (Fsp3) is 0.143. The number of hydrogen-bond acceptors (Lipinski definition) is 3. The Morgan fingerprint density at radius 2 is 1.06 bits per heavy atom. The van der Waals surface area contributed by atoms with E-state index in [1.165, 1.54) is 0 Å². The number of anilines is 4. The molecule has 0 spiro atoms. The van der Waals surface area contributed by atoms with Crippen molar-refractivity contribution in [1.82, 2.24) is 0 Å². The second kappa shape index (κ2) is 5.25. The average molecular weight is 227 g/mol. The van der Waals surface area contributed by atoms with Crippen LogP contribution in [0.4, 0.5) is 22.7 Å². The summed E-state index contributed by atoms with van der Waals surface area (Å²) in [6, 6.07) is 16.4. The molecule has 0 fully saturated rings. The van der Waals surface area contributed by atoms with Crippen molar-refractivity contribution in [3.8, 4) is 0 Å². The van der Waals surface area contributed by atoms with Crippen molar-refractivity contribution in [1.29, 1.82) is 0 Å². The van der Waals surface area contributed by atoms with E-state index < -0.39 is 0 Å². The SMILES string of the molecule is CNc1cccc(Nc2cccc(NC)c2)c1. The van der Waals surface area contributed by atoms with Crippen molar-refractivity contribution in [3.63, 3.8) is 0 Å². The zero-order valence-electron chi connectivity index (χ0n) is 10.1. The van der Waals surface area contributed by atoms with Gasteiger partial charge in [0.2, 0.25) is 0 Å². The van der Waals surface area contributed by atoms with Gasteiger partial charge in [-0.15, -0.1) is 0 Å². The first-order valence-corrected chi connectivity index (χ1v) is 5.64. The van der Waals surface area contributed by atoms with Crippen LogP contribution >= 0.6 is 0 Å². The van der Waals surface area contributed by atoms with Crippen LogP contribution in [0.3, 0.4) is 0 Å². The van der Waals surface area contributed by atoms with Gasteiger partial charge in [0, 0.05) is 36.8 Å². The topological polar surface area (TPSA) is 36.1 Å². The molecule has 0 aromatic heterocycles. The molecule has 2 rings (SSSR count).